The van der Waals surface area contributed by atoms with E-state index in [0.717, 1.165) is 0 Å². The second-order valence-electron chi connectivity index (χ2n) is 4.64. The van der Waals surface area contributed by atoms with Crippen LogP contribution in [-0.2, 0) is 0 Å². The third kappa shape index (κ3) is 16.4. The molecule has 124 valence electrons. The monoisotopic (exact) mass is 640 g/mol. The first kappa shape index (κ1) is 28.3. The van der Waals surface area contributed by atoms with Gasteiger partial charge in [-0.3, -0.25) is 0 Å². The van der Waals surface area contributed by atoms with Crippen molar-refractivity contribution >= 4 is 26.2 Å². The Morgan fingerprint density at radius 2 is 0.750 bits per heavy atom. The maximum atomic E-state index is 3.03. The van der Waals surface area contributed by atoms with Gasteiger partial charge in [-0.1, -0.05) is 72.8 Å². The van der Waals surface area contributed by atoms with Gasteiger partial charge < -0.3 is 34.0 Å². The zero-order valence-electron chi connectivity index (χ0n) is 14.1. The van der Waals surface area contributed by atoms with Crippen molar-refractivity contribution in [2.24, 2.45) is 0 Å². The van der Waals surface area contributed by atoms with E-state index >= 15 is 0 Å². The maximum absolute atomic E-state index is 3.03. The van der Waals surface area contributed by atoms with Gasteiger partial charge in [0, 0.05) is 0 Å². The maximum Gasteiger partial charge on any atom is 2.00 e. The van der Waals surface area contributed by atoms with Crippen LogP contribution in [0.5, 0.6) is 0 Å². The van der Waals surface area contributed by atoms with Crippen molar-refractivity contribution in [1.29, 1.82) is 0 Å². The fraction of sp³-hybridized carbons (Fsp3) is 0.143. The van der Waals surface area contributed by atoms with E-state index in [2.05, 4.69) is 18.2 Å². The van der Waals surface area contributed by atoms with Gasteiger partial charge in [-0.2, -0.15) is 0 Å². The quantitative estimate of drug-likeness (QED) is 0.277. The van der Waals surface area contributed by atoms with Crippen molar-refractivity contribution in [3.63, 3.8) is 0 Å². The first-order chi connectivity index (χ1) is 10.2. The van der Waals surface area contributed by atoms with Crippen LogP contribution < -0.4 is 34.0 Å². The smallest absolute Gasteiger partial charge is 1.00 e. The van der Waals surface area contributed by atoms with Crippen LogP contribution in [0, 0.1) is 39.0 Å². The molecule has 0 aromatic heterocycles. The second kappa shape index (κ2) is 18.8. The summed E-state index contributed by atoms with van der Waals surface area (Å²) in [5.41, 5.74) is 3.59. The Morgan fingerprint density at radius 3 is 0.833 bits per heavy atom. The van der Waals surface area contributed by atoms with Gasteiger partial charge in [-0.15, -0.1) is 0 Å². The summed E-state index contributed by atoms with van der Waals surface area (Å²) in [5, 5.41) is 0. The van der Waals surface area contributed by atoms with Gasteiger partial charge in [0.2, 0.25) is 0 Å². The van der Waals surface area contributed by atoms with Gasteiger partial charge in [0.05, 0.1) is 0 Å². The molecule has 6 radical (unpaired) electrons. The first-order valence-electron chi connectivity index (χ1n) is 6.98. The van der Waals surface area contributed by atoms with E-state index in [-0.39, 0.29) is 60.2 Å². The predicted octanol–water partition coefficient (Wildman–Crippen LogP) is -0.987. The minimum absolute atomic E-state index is 0. The Bertz CT molecular complexity index is 495. The molecule has 0 aliphatic heterocycles. The summed E-state index contributed by atoms with van der Waals surface area (Å²) in [6, 6.07) is 32.8. The molecule has 0 nitrogen and oxygen atoms in total. The SMILES string of the molecule is Cc1[c]cccc1.Cc1[c]cccc1.Cc1[c]cccc1.[Bi+2].[Br-].[Br-]. The van der Waals surface area contributed by atoms with Crippen LogP contribution in [-0.4, -0.2) is 26.2 Å². The summed E-state index contributed by atoms with van der Waals surface area (Å²) in [5.74, 6) is 0. The van der Waals surface area contributed by atoms with Crippen molar-refractivity contribution in [3.8, 4) is 0 Å². The number of hydrogen-bond donors (Lipinski definition) is 0. The van der Waals surface area contributed by atoms with Crippen molar-refractivity contribution in [2.75, 3.05) is 0 Å². The molecule has 0 saturated carbocycles. The zero-order valence-corrected chi connectivity index (χ0v) is 20.8. The molecule has 3 aromatic rings. The Morgan fingerprint density at radius 1 is 0.500 bits per heavy atom. The van der Waals surface area contributed by atoms with Crippen LogP contribution in [0.1, 0.15) is 16.7 Å². The van der Waals surface area contributed by atoms with Gasteiger partial charge in [-0.05, 0) is 55.7 Å². The molecule has 24 heavy (non-hydrogen) atoms. The zero-order chi connectivity index (χ0) is 15.3. The summed E-state index contributed by atoms with van der Waals surface area (Å²) >= 11 is 0. The van der Waals surface area contributed by atoms with Crippen molar-refractivity contribution in [3.05, 3.63) is 108 Å². The molecule has 3 heteroatoms. The van der Waals surface area contributed by atoms with Gasteiger partial charge >= 0.3 is 26.2 Å². The van der Waals surface area contributed by atoms with E-state index in [0.29, 0.717) is 0 Å². The third-order valence-corrected chi connectivity index (χ3v) is 2.59. The molecular weight excluding hydrogens is 621 g/mol. The Labute approximate surface area is 187 Å². The summed E-state index contributed by atoms with van der Waals surface area (Å²) in [6.07, 6.45) is 0. The Kier molecular flexibility index (Phi) is 22.2. The van der Waals surface area contributed by atoms with E-state index in [1.807, 2.05) is 93.6 Å². The first-order valence-corrected chi connectivity index (χ1v) is 6.98. The minimum atomic E-state index is 0. The molecule has 0 bridgehead atoms. The molecule has 0 heterocycles. The van der Waals surface area contributed by atoms with E-state index in [1.165, 1.54) is 16.7 Å². The van der Waals surface area contributed by atoms with Crippen LogP contribution in [0.15, 0.2) is 72.8 Å². The van der Waals surface area contributed by atoms with Crippen molar-refractivity contribution < 1.29 is 34.0 Å². The van der Waals surface area contributed by atoms with Crippen molar-refractivity contribution in [1.82, 2.24) is 0 Å². The summed E-state index contributed by atoms with van der Waals surface area (Å²) in [7, 11) is 0. The van der Waals surface area contributed by atoms with E-state index in [9.17, 15) is 0 Å². The second-order valence-corrected chi connectivity index (χ2v) is 4.64. The third-order valence-electron chi connectivity index (χ3n) is 2.59. The molecule has 0 aliphatic rings. The van der Waals surface area contributed by atoms with Crippen LogP contribution in [0.4, 0.5) is 0 Å². The fourth-order valence-electron chi connectivity index (χ4n) is 1.45. The standard InChI is InChI=1S/3C7H7.Bi.2BrH/c3*1-7-5-3-2-4-6-7;;;/h3*2-5H,1H3;;2*1H/q;;;+2;;/p-2. The largest absolute Gasteiger partial charge is 2.00 e. The molecular formula is C21H21BiBr2. The summed E-state index contributed by atoms with van der Waals surface area (Å²) in [4.78, 5) is 0. The predicted molar refractivity (Wildman–Crippen MR) is 95.8 cm³/mol. The Balaban J connectivity index is -0.000000259. The van der Waals surface area contributed by atoms with Crippen LogP contribution >= 0.6 is 0 Å². The molecule has 0 N–H and O–H groups in total. The van der Waals surface area contributed by atoms with Crippen LogP contribution in [0.25, 0.3) is 0 Å². The number of benzene rings is 3. The average Bonchev–Trinajstić information content (AvgIpc) is 2.51. The van der Waals surface area contributed by atoms with E-state index < -0.39 is 0 Å². The minimum Gasteiger partial charge on any atom is -1.00 e. The Hall–Kier alpha value is -0.497. The molecule has 0 aliphatic carbocycles. The summed E-state index contributed by atoms with van der Waals surface area (Å²) < 4.78 is 0. The van der Waals surface area contributed by atoms with Crippen molar-refractivity contribution in [2.45, 2.75) is 20.8 Å². The van der Waals surface area contributed by atoms with Crippen LogP contribution in [0.2, 0.25) is 0 Å². The van der Waals surface area contributed by atoms with E-state index in [4.69, 9.17) is 0 Å². The fourth-order valence-corrected chi connectivity index (χ4v) is 1.45. The number of rotatable bonds is 0. The molecule has 0 atom stereocenters. The van der Waals surface area contributed by atoms with Gasteiger partial charge in [-0.25, -0.2) is 0 Å². The molecule has 0 spiro atoms. The van der Waals surface area contributed by atoms with Crippen LogP contribution in [0.3, 0.4) is 0 Å². The molecule has 0 unspecified atom stereocenters. The normalized spacial score (nSPS) is 7.62. The van der Waals surface area contributed by atoms with E-state index in [1.54, 1.807) is 0 Å². The van der Waals surface area contributed by atoms with Gasteiger partial charge in [0.1, 0.15) is 0 Å². The number of halogens is 2. The molecule has 0 amide bonds. The average molecular weight is 642 g/mol. The van der Waals surface area contributed by atoms with Gasteiger partial charge in [0.25, 0.3) is 0 Å². The topological polar surface area (TPSA) is 0 Å². The summed E-state index contributed by atoms with van der Waals surface area (Å²) in [6.45, 7) is 6.08. The molecule has 0 saturated heterocycles. The number of aryl methyl sites for hydroxylation is 3. The number of hydrogen-bond acceptors (Lipinski definition) is 0. The molecule has 0 fully saturated rings. The van der Waals surface area contributed by atoms with Gasteiger partial charge in [0.15, 0.2) is 0 Å². The molecule has 3 rings (SSSR count). The molecule has 3 aromatic carbocycles.